The molecule has 0 saturated heterocycles. The summed E-state index contributed by atoms with van der Waals surface area (Å²) in [6.07, 6.45) is 2.72. The van der Waals surface area contributed by atoms with E-state index in [1.807, 2.05) is 0 Å². The molecule has 0 fully saturated rings. The molecule has 90 valence electrons. The summed E-state index contributed by atoms with van der Waals surface area (Å²) in [7, 11) is -3.10. The highest BCUT2D eigenvalue weighted by atomic mass is 32.2. The van der Waals surface area contributed by atoms with Crippen molar-refractivity contribution in [2.75, 3.05) is 5.75 Å². The number of hydrogen-bond donors (Lipinski definition) is 1. The van der Waals surface area contributed by atoms with Gasteiger partial charge in [-0.2, -0.15) is 0 Å². The first-order chi connectivity index (χ1) is 7.60. The quantitative estimate of drug-likeness (QED) is 0.776. The first-order valence-corrected chi connectivity index (χ1v) is 7.27. The summed E-state index contributed by atoms with van der Waals surface area (Å²) in [5.74, 6) is 0.239. The van der Waals surface area contributed by atoms with Crippen molar-refractivity contribution in [3.63, 3.8) is 0 Å². The van der Waals surface area contributed by atoms with E-state index in [0.717, 1.165) is 24.8 Å². The Morgan fingerprint density at radius 3 is 2.25 bits per heavy atom. The lowest BCUT2D eigenvalue weighted by Crippen LogP contribution is -2.07. The molecule has 0 amide bonds. The summed E-state index contributed by atoms with van der Waals surface area (Å²) in [6.45, 7) is 2.50. The molecular weight excluding hydrogens is 222 g/mol. The minimum atomic E-state index is -3.10. The predicted octanol–water partition coefficient (Wildman–Crippen LogP) is 2.11. The van der Waals surface area contributed by atoms with Crippen LogP contribution in [0.2, 0.25) is 0 Å². The molecule has 0 spiro atoms. The van der Waals surface area contributed by atoms with Gasteiger partial charge in [0.05, 0.1) is 10.6 Å². The van der Waals surface area contributed by atoms with Crippen molar-refractivity contribution < 1.29 is 8.42 Å². The molecule has 0 aromatic heterocycles. The maximum atomic E-state index is 11.9. The van der Waals surface area contributed by atoms with Gasteiger partial charge in [-0.1, -0.05) is 31.9 Å². The Morgan fingerprint density at radius 1 is 1.12 bits per heavy atom. The molecule has 16 heavy (non-hydrogen) atoms. The van der Waals surface area contributed by atoms with Crippen LogP contribution in [0.25, 0.3) is 0 Å². The van der Waals surface area contributed by atoms with Crippen molar-refractivity contribution in [1.82, 2.24) is 0 Å². The van der Waals surface area contributed by atoms with Gasteiger partial charge >= 0.3 is 0 Å². The standard InChI is InChI=1S/C12H19NO2S/c1-2-3-4-9-16(14,15)12-7-5-11(10-13)6-8-12/h5-8H,2-4,9-10,13H2,1H3. The molecule has 0 heterocycles. The number of sulfone groups is 1. The molecule has 0 bridgehead atoms. The summed E-state index contributed by atoms with van der Waals surface area (Å²) < 4.78 is 23.8. The average Bonchev–Trinajstić information content (AvgIpc) is 2.29. The maximum Gasteiger partial charge on any atom is 0.178 e. The minimum Gasteiger partial charge on any atom is -0.326 e. The highest BCUT2D eigenvalue weighted by Crippen LogP contribution is 2.14. The lowest BCUT2D eigenvalue weighted by Gasteiger charge is -2.04. The fourth-order valence-electron chi connectivity index (χ4n) is 1.49. The minimum absolute atomic E-state index is 0.239. The van der Waals surface area contributed by atoms with Gasteiger partial charge in [-0.15, -0.1) is 0 Å². The van der Waals surface area contributed by atoms with Gasteiger partial charge in [0.15, 0.2) is 9.84 Å². The molecule has 0 radical (unpaired) electrons. The molecule has 0 saturated carbocycles. The van der Waals surface area contributed by atoms with E-state index in [9.17, 15) is 8.42 Å². The number of benzene rings is 1. The lowest BCUT2D eigenvalue weighted by molar-refractivity contribution is 0.591. The topological polar surface area (TPSA) is 60.2 Å². The van der Waals surface area contributed by atoms with Crippen molar-refractivity contribution in [2.24, 2.45) is 5.73 Å². The van der Waals surface area contributed by atoms with Gasteiger partial charge in [-0.3, -0.25) is 0 Å². The van der Waals surface area contributed by atoms with E-state index in [0.29, 0.717) is 11.4 Å². The predicted molar refractivity (Wildman–Crippen MR) is 65.9 cm³/mol. The van der Waals surface area contributed by atoms with Crippen LogP contribution in [0.4, 0.5) is 0 Å². The van der Waals surface area contributed by atoms with Gasteiger partial charge in [0, 0.05) is 6.54 Å². The van der Waals surface area contributed by atoms with Crippen LogP contribution in [0.15, 0.2) is 29.2 Å². The second-order valence-electron chi connectivity index (χ2n) is 3.87. The Morgan fingerprint density at radius 2 is 1.75 bits per heavy atom. The molecule has 1 aromatic rings. The molecular formula is C12H19NO2S. The van der Waals surface area contributed by atoms with E-state index in [4.69, 9.17) is 5.73 Å². The molecule has 0 aliphatic carbocycles. The Kier molecular flexibility index (Phi) is 4.96. The lowest BCUT2D eigenvalue weighted by atomic mass is 10.2. The van der Waals surface area contributed by atoms with Crippen LogP contribution >= 0.6 is 0 Å². The van der Waals surface area contributed by atoms with Crippen LogP contribution in [0.1, 0.15) is 31.7 Å². The average molecular weight is 241 g/mol. The van der Waals surface area contributed by atoms with Gasteiger partial charge in [0.1, 0.15) is 0 Å². The third kappa shape index (κ3) is 3.61. The van der Waals surface area contributed by atoms with E-state index < -0.39 is 9.84 Å². The van der Waals surface area contributed by atoms with Crippen LogP contribution < -0.4 is 5.73 Å². The van der Waals surface area contributed by atoms with Crippen LogP contribution in [-0.2, 0) is 16.4 Å². The second-order valence-corrected chi connectivity index (χ2v) is 5.98. The molecule has 2 N–H and O–H groups in total. The van der Waals surface area contributed by atoms with E-state index >= 15 is 0 Å². The Bertz CT molecular complexity index is 409. The van der Waals surface area contributed by atoms with Crippen molar-refractivity contribution in [2.45, 2.75) is 37.6 Å². The maximum absolute atomic E-state index is 11.9. The molecule has 0 aliphatic rings. The third-order valence-electron chi connectivity index (χ3n) is 2.53. The Hall–Kier alpha value is -0.870. The highest BCUT2D eigenvalue weighted by Gasteiger charge is 2.13. The zero-order valence-corrected chi connectivity index (χ0v) is 10.5. The van der Waals surface area contributed by atoms with Crippen molar-refractivity contribution in [1.29, 1.82) is 0 Å². The first kappa shape index (κ1) is 13.2. The summed E-state index contributed by atoms with van der Waals surface area (Å²) >= 11 is 0. The number of nitrogens with two attached hydrogens (primary N) is 1. The van der Waals surface area contributed by atoms with Crippen molar-refractivity contribution >= 4 is 9.84 Å². The third-order valence-corrected chi connectivity index (χ3v) is 4.35. The van der Waals surface area contributed by atoms with E-state index in [1.54, 1.807) is 24.3 Å². The molecule has 0 unspecified atom stereocenters. The number of unbranched alkanes of at least 4 members (excludes halogenated alkanes) is 2. The number of rotatable bonds is 6. The highest BCUT2D eigenvalue weighted by molar-refractivity contribution is 7.91. The van der Waals surface area contributed by atoms with Crippen LogP contribution in [-0.4, -0.2) is 14.2 Å². The summed E-state index contributed by atoms with van der Waals surface area (Å²) in [5.41, 5.74) is 6.41. The molecule has 0 atom stereocenters. The van der Waals surface area contributed by atoms with E-state index in [1.165, 1.54) is 0 Å². The zero-order valence-electron chi connectivity index (χ0n) is 9.65. The number of hydrogen-bond acceptors (Lipinski definition) is 3. The SMILES string of the molecule is CCCCCS(=O)(=O)c1ccc(CN)cc1. The molecule has 3 nitrogen and oxygen atoms in total. The molecule has 0 aliphatic heterocycles. The van der Waals surface area contributed by atoms with E-state index in [2.05, 4.69) is 6.92 Å². The van der Waals surface area contributed by atoms with Crippen LogP contribution in [0.5, 0.6) is 0 Å². The van der Waals surface area contributed by atoms with E-state index in [-0.39, 0.29) is 5.75 Å². The van der Waals surface area contributed by atoms with Crippen LogP contribution in [0.3, 0.4) is 0 Å². The Labute approximate surface area is 97.6 Å². The first-order valence-electron chi connectivity index (χ1n) is 5.62. The van der Waals surface area contributed by atoms with Gasteiger partial charge in [0.2, 0.25) is 0 Å². The summed E-state index contributed by atoms with van der Waals surface area (Å²) in [6, 6.07) is 6.83. The fourth-order valence-corrected chi connectivity index (χ4v) is 2.86. The molecule has 1 rings (SSSR count). The fraction of sp³-hybridized carbons (Fsp3) is 0.500. The zero-order chi connectivity index (χ0) is 12.0. The monoisotopic (exact) mass is 241 g/mol. The second kappa shape index (κ2) is 6.01. The largest absolute Gasteiger partial charge is 0.326 e. The molecule has 4 heteroatoms. The smallest absolute Gasteiger partial charge is 0.178 e. The summed E-state index contributed by atoms with van der Waals surface area (Å²) in [4.78, 5) is 0.404. The summed E-state index contributed by atoms with van der Waals surface area (Å²) in [5, 5.41) is 0. The Balaban J connectivity index is 2.74. The van der Waals surface area contributed by atoms with Gasteiger partial charge in [-0.25, -0.2) is 8.42 Å². The van der Waals surface area contributed by atoms with Gasteiger partial charge < -0.3 is 5.73 Å². The van der Waals surface area contributed by atoms with Gasteiger partial charge in [-0.05, 0) is 24.1 Å². The van der Waals surface area contributed by atoms with Crippen molar-refractivity contribution in [3.05, 3.63) is 29.8 Å². The van der Waals surface area contributed by atoms with Crippen LogP contribution in [0, 0.1) is 0 Å². The van der Waals surface area contributed by atoms with Gasteiger partial charge in [0.25, 0.3) is 0 Å². The molecule has 1 aromatic carbocycles. The van der Waals surface area contributed by atoms with Crippen molar-refractivity contribution in [3.8, 4) is 0 Å². The normalized spacial score (nSPS) is 11.6.